The lowest BCUT2D eigenvalue weighted by molar-refractivity contribution is -0.0331. The van der Waals surface area contributed by atoms with Crippen LogP contribution in [-0.2, 0) is 4.74 Å². The lowest BCUT2D eigenvalue weighted by Gasteiger charge is -2.34. The van der Waals surface area contributed by atoms with Gasteiger partial charge >= 0.3 is 0 Å². The van der Waals surface area contributed by atoms with Crippen LogP contribution >= 0.6 is 0 Å². The zero-order chi connectivity index (χ0) is 16.4. The molecule has 0 aromatic carbocycles. The zero-order valence-corrected chi connectivity index (χ0v) is 13.9. The van der Waals surface area contributed by atoms with Gasteiger partial charge in [-0.1, -0.05) is 0 Å². The Morgan fingerprint density at radius 2 is 2.17 bits per heavy atom. The standard InChI is InChI=1S/C17H25N3O3/c1-12-7-14(8-16(21)18-12)17(22)20(9-13-3-4-13)11-15-10-19(2)5-6-23-15/h7-8,13,15H,3-6,9-11H2,1-2H3,(H,18,21)/t15-/m1/s1. The number of hydrogen-bond acceptors (Lipinski definition) is 4. The quantitative estimate of drug-likeness (QED) is 0.874. The largest absolute Gasteiger partial charge is 0.374 e. The van der Waals surface area contributed by atoms with E-state index in [1.165, 1.54) is 18.9 Å². The van der Waals surface area contributed by atoms with Crippen LogP contribution in [0.15, 0.2) is 16.9 Å². The fourth-order valence-electron chi connectivity index (χ4n) is 3.06. The van der Waals surface area contributed by atoms with Crippen LogP contribution in [0.1, 0.15) is 28.9 Å². The van der Waals surface area contributed by atoms with Gasteiger partial charge in [-0.3, -0.25) is 9.59 Å². The fraction of sp³-hybridized carbons (Fsp3) is 0.647. The van der Waals surface area contributed by atoms with Crippen molar-refractivity contribution in [3.05, 3.63) is 33.7 Å². The topological polar surface area (TPSA) is 65.6 Å². The highest BCUT2D eigenvalue weighted by Gasteiger charge is 2.30. The van der Waals surface area contributed by atoms with Crippen molar-refractivity contribution in [3.8, 4) is 0 Å². The molecule has 1 N–H and O–H groups in total. The molecule has 23 heavy (non-hydrogen) atoms. The molecule has 2 fully saturated rings. The van der Waals surface area contributed by atoms with E-state index in [0.717, 1.165) is 19.6 Å². The van der Waals surface area contributed by atoms with Crippen LogP contribution in [0.3, 0.4) is 0 Å². The SMILES string of the molecule is Cc1cc(C(=O)N(CC2CC2)C[C@H]2CN(C)CCO2)cc(=O)[nH]1. The van der Waals surface area contributed by atoms with Crippen molar-refractivity contribution in [2.24, 2.45) is 5.92 Å². The predicted molar refractivity (Wildman–Crippen MR) is 87.7 cm³/mol. The van der Waals surface area contributed by atoms with Gasteiger partial charge in [0.25, 0.3) is 5.91 Å². The molecule has 0 unspecified atom stereocenters. The van der Waals surface area contributed by atoms with E-state index in [0.29, 0.717) is 30.3 Å². The number of aromatic amines is 1. The summed E-state index contributed by atoms with van der Waals surface area (Å²) in [5.41, 5.74) is 0.949. The maximum Gasteiger partial charge on any atom is 0.254 e. The number of aryl methyl sites for hydroxylation is 1. The van der Waals surface area contributed by atoms with Gasteiger partial charge in [-0.25, -0.2) is 0 Å². The van der Waals surface area contributed by atoms with Gasteiger partial charge in [-0.2, -0.15) is 0 Å². The predicted octanol–water partition coefficient (Wildman–Crippen LogP) is 0.866. The highest BCUT2D eigenvalue weighted by molar-refractivity contribution is 5.94. The molecular weight excluding hydrogens is 294 g/mol. The van der Waals surface area contributed by atoms with Gasteiger partial charge in [0.05, 0.1) is 12.7 Å². The number of amides is 1. The van der Waals surface area contributed by atoms with E-state index in [1.807, 2.05) is 4.90 Å². The second-order valence-electron chi connectivity index (χ2n) is 6.82. The summed E-state index contributed by atoms with van der Waals surface area (Å²) in [6, 6.07) is 3.14. The highest BCUT2D eigenvalue weighted by atomic mass is 16.5. The van der Waals surface area contributed by atoms with E-state index in [-0.39, 0.29) is 17.6 Å². The summed E-state index contributed by atoms with van der Waals surface area (Å²) in [7, 11) is 2.07. The summed E-state index contributed by atoms with van der Waals surface area (Å²) in [6.45, 7) is 5.61. The normalized spacial score (nSPS) is 22.1. The number of morpholine rings is 1. The van der Waals surface area contributed by atoms with Crippen molar-refractivity contribution in [2.45, 2.75) is 25.9 Å². The average molecular weight is 319 g/mol. The molecule has 1 aromatic rings. The second-order valence-corrected chi connectivity index (χ2v) is 6.82. The molecule has 1 atom stereocenters. The summed E-state index contributed by atoms with van der Waals surface area (Å²) >= 11 is 0. The number of carbonyl (C=O) groups excluding carboxylic acids is 1. The molecule has 0 spiro atoms. The molecule has 6 heteroatoms. The first kappa shape index (κ1) is 16.2. The Balaban J connectivity index is 1.74. The second kappa shape index (κ2) is 6.84. The maximum absolute atomic E-state index is 12.9. The molecule has 1 saturated carbocycles. The number of H-pyrrole nitrogens is 1. The Hall–Kier alpha value is -1.66. The third-order valence-electron chi connectivity index (χ3n) is 4.45. The number of ether oxygens (including phenoxy) is 1. The van der Waals surface area contributed by atoms with Gasteiger partial charge in [-0.05, 0) is 38.8 Å². The number of carbonyl (C=O) groups is 1. The van der Waals surface area contributed by atoms with E-state index in [9.17, 15) is 9.59 Å². The Morgan fingerprint density at radius 3 is 2.83 bits per heavy atom. The number of likely N-dealkylation sites (N-methyl/N-ethyl adjacent to an activating group) is 1. The van der Waals surface area contributed by atoms with E-state index in [2.05, 4.69) is 16.9 Å². The van der Waals surface area contributed by atoms with Crippen LogP contribution in [0.2, 0.25) is 0 Å². The van der Waals surface area contributed by atoms with Crippen LogP contribution in [0, 0.1) is 12.8 Å². The molecule has 126 valence electrons. The van der Waals surface area contributed by atoms with Gasteiger partial charge in [0, 0.05) is 43.5 Å². The minimum absolute atomic E-state index is 0.0412. The summed E-state index contributed by atoms with van der Waals surface area (Å²) < 4.78 is 5.81. The van der Waals surface area contributed by atoms with Crippen LogP contribution in [-0.4, -0.2) is 66.6 Å². The van der Waals surface area contributed by atoms with Crippen molar-refractivity contribution in [3.63, 3.8) is 0 Å². The molecule has 1 aliphatic carbocycles. The molecular formula is C17H25N3O3. The van der Waals surface area contributed by atoms with Gasteiger partial charge in [0.15, 0.2) is 0 Å². The summed E-state index contributed by atoms with van der Waals surface area (Å²) in [6.07, 6.45) is 2.41. The lowest BCUT2D eigenvalue weighted by atomic mass is 10.1. The summed E-state index contributed by atoms with van der Waals surface area (Å²) in [5.74, 6) is 0.534. The van der Waals surface area contributed by atoms with Crippen LogP contribution in [0.4, 0.5) is 0 Å². The number of hydrogen-bond donors (Lipinski definition) is 1. The first-order chi connectivity index (χ1) is 11.0. The Kier molecular flexibility index (Phi) is 4.82. The smallest absolute Gasteiger partial charge is 0.254 e. The maximum atomic E-state index is 12.9. The van der Waals surface area contributed by atoms with E-state index in [4.69, 9.17) is 4.74 Å². The fourth-order valence-corrected chi connectivity index (χ4v) is 3.06. The molecule has 0 bridgehead atoms. The molecule has 1 saturated heterocycles. The molecule has 2 aliphatic rings. The molecule has 6 nitrogen and oxygen atoms in total. The van der Waals surface area contributed by atoms with Crippen LogP contribution in [0.25, 0.3) is 0 Å². The minimum atomic E-state index is -0.228. The number of aromatic nitrogens is 1. The lowest BCUT2D eigenvalue weighted by Crippen LogP contribution is -2.48. The van der Waals surface area contributed by atoms with Crippen molar-refractivity contribution >= 4 is 5.91 Å². The number of nitrogens with one attached hydrogen (secondary N) is 1. The van der Waals surface area contributed by atoms with Crippen LogP contribution in [0.5, 0.6) is 0 Å². The number of rotatable bonds is 5. The van der Waals surface area contributed by atoms with Gasteiger partial charge in [0.2, 0.25) is 5.56 Å². The molecule has 0 radical (unpaired) electrons. The number of pyridine rings is 1. The summed E-state index contributed by atoms with van der Waals surface area (Å²) in [5, 5.41) is 0. The Bertz CT molecular complexity index is 624. The van der Waals surface area contributed by atoms with Crippen molar-refractivity contribution in [1.82, 2.24) is 14.8 Å². The Labute approximate surface area is 136 Å². The summed E-state index contributed by atoms with van der Waals surface area (Å²) in [4.78, 5) is 31.3. The molecule has 2 heterocycles. The monoisotopic (exact) mass is 319 g/mol. The minimum Gasteiger partial charge on any atom is -0.374 e. The van der Waals surface area contributed by atoms with Gasteiger partial charge in [-0.15, -0.1) is 0 Å². The first-order valence-electron chi connectivity index (χ1n) is 8.31. The number of nitrogens with zero attached hydrogens (tertiary/aromatic N) is 2. The average Bonchev–Trinajstić information content (AvgIpc) is 3.29. The van der Waals surface area contributed by atoms with E-state index < -0.39 is 0 Å². The van der Waals surface area contributed by atoms with Crippen molar-refractivity contribution in [1.29, 1.82) is 0 Å². The van der Waals surface area contributed by atoms with Gasteiger partial charge in [0.1, 0.15) is 0 Å². The highest BCUT2D eigenvalue weighted by Crippen LogP contribution is 2.30. The van der Waals surface area contributed by atoms with Crippen LogP contribution < -0.4 is 5.56 Å². The first-order valence-corrected chi connectivity index (χ1v) is 8.31. The van der Waals surface area contributed by atoms with Crippen molar-refractivity contribution < 1.29 is 9.53 Å². The molecule has 3 rings (SSSR count). The Morgan fingerprint density at radius 1 is 1.39 bits per heavy atom. The third-order valence-corrected chi connectivity index (χ3v) is 4.45. The zero-order valence-electron chi connectivity index (χ0n) is 13.9. The molecule has 1 amide bonds. The molecule has 1 aliphatic heterocycles. The van der Waals surface area contributed by atoms with E-state index >= 15 is 0 Å². The third kappa shape index (κ3) is 4.42. The molecule has 1 aromatic heterocycles. The van der Waals surface area contributed by atoms with E-state index in [1.54, 1.807) is 13.0 Å². The van der Waals surface area contributed by atoms with Crippen molar-refractivity contribution in [2.75, 3.05) is 39.8 Å². The van der Waals surface area contributed by atoms with Gasteiger partial charge < -0.3 is 19.5 Å².